The maximum atomic E-state index is 12.8. The first kappa shape index (κ1) is 19.2. The Kier molecular flexibility index (Phi) is 6.77. The molecule has 1 N–H and O–H groups in total. The number of carbonyl (C=O) groups is 1. The number of benzene rings is 2. The minimum atomic E-state index is -0.657. The van der Waals surface area contributed by atoms with Gasteiger partial charge in [-0.25, -0.2) is 0 Å². The van der Waals surface area contributed by atoms with Crippen LogP contribution >= 0.6 is 11.6 Å². The van der Waals surface area contributed by atoms with Crippen LogP contribution in [-0.2, 0) is 11.2 Å². The van der Waals surface area contributed by atoms with Gasteiger partial charge in [-0.1, -0.05) is 55.8 Å². The zero-order valence-corrected chi connectivity index (χ0v) is 15.8. The summed E-state index contributed by atoms with van der Waals surface area (Å²) in [5.41, 5.74) is 5.23. The largest absolute Gasteiger partial charge is 0.299 e. The second kappa shape index (κ2) is 8.82. The number of hydrogen-bond acceptors (Lipinski definition) is 3. The molecular formula is C21H25ClN2O. The second-order valence-electron chi connectivity index (χ2n) is 6.31. The molecule has 1 atom stereocenters. The number of nitrogens with one attached hydrogen (secondary N) is 1. The highest BCUT2D eigenvalue weighted by atomic mass is 35.5. The summed E-state index contributed by atoms with van der Waals surface area (Å²) in [6.45, 7) is 5.91. The van der Waals surface area contributed by atoms with Crippen LogP contribution in [0.3, 0.4) is 0 Å². The summed E-state index contributed by atoms with van der Waals surface area (Å²) < 4.78 is 0. The molecule has 0 saturated heterocycles. The van der Waals surface area contributed by atoms with Crippen molar-refractivity contribution >= 4 is 28.8 Å². The van der Waals surface area contributed by atoms with Crippen LogP contribution < -0.4 is 5.43 Å². The van der Waals surface area contributed by atoms with Gasteiger partial charge in [0, 0.05) is 11.4 Å². The van der Waals surface area contributed by atoms with E-state index in [1.165, 1.54) is 0 Å². The van der Waals surface area contributed by atoms with Crippen molar-refractivity contribution < 1.29 is 4.79 Å². The number of anilines is 1. The molecular weight excluding hydrogens is 332 g/mol. The van der Waals surface area contributed by atoms with Crippen LogP contribution in [-0.4, -0.2) is 11.5 Å². The van der Waals surface area contributed by atoms with Crippen molar-refractivity contribution in [3.8, 4) is 0 Å². The summed E-state index contributed by atoms with van der Waals surface area (Å²) in [5, 5.41) is 5.27. The van der Waals surface area contributed by atoms with Crippen LogP contribution in [0.1, 0.15) is 39.2 Å². The van der Waals surface area contributed by atoms with E-state index in [-0.39, 0.29) is 5.78 Å². The van der Waals surface area contributed by atoms with Crippen LogP contribution in [0.5, 0.6) is 0 Å². The lowest BCUT2D eigenvalue weighted by atomic mass is 9.74. The lowest BCUT2D eigenvalue weighted by Gasteiger charge is -2.29. The van der Waals surface area contributed by atoms with Crippen molar-refractivity contribution in [2.75, 3.05) is 5.43 Å². The Hall–Kier alpha value is -2.13. The molecule has 0 spiro atoms. The molecule has 3 nitrogen and oxygen atoms in total. The van der Waals surface area contributed by atoms with Crippen molar-refractivity contribution in [1.29, 1.82) is 0 Å². The van der Waals surface area contributed by atoms with Gasteiger partial charge in [-0.15, -0.1) is 0 Å². The molecule has 132 valence electrons. The van der Waals surface area contributed by atoms with Crippen LogP contribution in [0.25, 0.3) is 0 Å². The molecule has 4 heteroatoms. The zero-order valence-electron chi connectivity index (χ0n) is 15.1. The van der Waals surface area contributed by atoms with Crippen molar-refractivity contribution in [1.82, 2.24) is 0 Å². The summed E-state index contributed by atoms with van der Waals surface area (Å²) in [4.78, 5) is 12.8. The number of nitrogens with zero attached hydrogens (tertiary/aromatic N) is 1. The van der Waals surface area contributed by atoms with Crippen LogP contribution in [0.15, 0.2) is 59.7 Å². The predicted octanol–water partition coefficient (Wildman–Crippen LogP) is 5.75. The van der Waals surface area contributed by atoms with E-state index in [0.29, 0.717) is 24.3 Å². The predicted molar refractivity (Wildman–Crippen MR) is 106 cm³/mol. The van der Waals surface area contributed by atoms with E-state index in [9.17, 15) is 4.79 Å². The molecule has 0 saturated carbocycles. The second-order valence-corrected chi connectivity index (χ2v) is 6.74. The SMILES string of the molecule is CCC(=O)[C@](C)(Cc1cccc(Cl)c1)/C(CC)=N/Nc1ccccc1. The molecule has 0 aliphatic rings. The summed E-state index contributed by atoms with van der Waals surface area (Å²) in [5.74, 6) is 0.183. The standard InChI is InChI=1S/C21H25ClN2O/c1-4-19(24-23-18-12-7-6-8-13-18)21(3,20(25)5-2)15-16-10-9-11-17(22)14-16/h6-14,23H,4-5,15H2,1-3H3/b24-19+/t21-/m1/s1. The zero-order chi connectivity index (χ0) is 18.3. The molecule has 0 aromatic heterocycles. The Bertz CT molecular complexity index is 743. The van der Waals surface area contributed by atoms with E-state index in [1.54, 1.807) is 0 Å². The molecule has 0 bridgehead atoms. The molecule has 2 aromatic rings. The monoisotopic (exact) mass is 356 g/mol. The normalized spacial score (nSPS) is 14.0. The van der Waals surface area contributed by atoms with E-state index < -0.39 is 5.41 Å². The van der Waals surface area contributed by atoms with Gasteiger partial charge in [0.05, 0.1) is 16.8 Å². The average Bonchev–Trinajstić information content (AvgIpc) is 2.62. The van der Waals surface area contributed by atoms with E-state index in [4.69, 9.17) is 11.6 Å². The Morgan fingerprint density at radius 2 is 1.80 bits per heavy atom. The number of hydrazone groups is 1. The van der Waals surface area contributed by atoms with Crippen molar-refractivity contribution in [2.24, 2.45) is 10.5 Å². The molecule has 0 heterocycles. The summed E-state index contributed by atoms with van der Waals surface area (Å²) >= 11 is 6.11. The number of para-hydroxylation sites is 1. The summed E-state index contributed by atoms with van der Waals surface area (Å²) in [6.07, 6.45) is 1.76. The number of rotatable bonds is 8. The van der Waals surface area contributed by atoms with E-state index in [1.807, 2.05) is 75.4 Å². The summed E-state index contributed by atoms with van der Waals surface area (Å²) in [6, 6.07) is 17.4. The Morgan fingerprint density at radius 3 is 2.40 bits per heavy atom. The van der Waals surface area contributed by atoms with Gasteiger partial charge in [0.25, 0.3) is 0 Å². The minimum Gasteiger partial charge on any atom is -0.299 e. The fraction of sp³-hybridized carbons (Fsp3) is 0.333. The van der Waals surface area contributed by atoms with Gasteiger partial charge in [-0.05, 0) is 49.6 Å². The van der Waals surface area contributed by atoms with E-state index >= 15 is 0 Å². The van der Waals surface area contributed by atoms with Crippen LogP contribution in [0.4, 0.5) is 5.69 Å². The topological polar surface area (TPSA) is 41.5 Å². The highest BCUT2D eigenvalue weighted by Crippen LogP contribution is 2.30. The molecule has 25 heavy (non-hydrogen) atoms. The van der Waals surface area contributed by atoms with Gasteiger partial charge in [0.2, 0.25) is 0 Å². The van der Waals surface area contributed by atoms with Crippen molar-refractivity contribution in [2.45, 2.75) is 40.0 Å². The van der Waals surface area contributed by atoms with Crippen LogP contribution in [0.2, 0.25) is 5.02 Å². The Labute approximate surface area is 155 Å². The summed E-state index contributed by atoms with van der Waals surface area (Å²) in [7, 11) is 0. The lowest BCUT2D eigenvalue weighted by molar-refractivity contribution is -0.124. The van der Waals surface area contributed by atoms with Gasteiger partial charge < -0.3 is 0 Å². The first-order valence-corrected chi connectivity index (χ1v) is 9.03. The fourth-order valence-electron chi connectivity index (χ4n) is 3.04. The Balaban J connectivity index is 2.34. The number of halogens is 1. The third-order valence-corrected chi connectivity index (χ3v) is 4.68. The third-order valence-electron chi connectivity index (χ3n) is 4.45. The maximum Gasteiger partial charge on any atom is 0.144 e. The fourth-order valence-corrected chi connectivity index (χ4v) is 3.26. The van der Waals surface area contributed by atoms with Gasteiger partial charge in [-0.3, -0.25) is 10.2 Å². The van der Waals surface area contributed by atoms with Gasteiger partial charge in [0.1, 0.15) is 5.78 Å². The highest BCUT2D eigenvalue weighted by Gasteiger charge is 2.36. The molecule has 0 amide bonds. The highest BCUT2D eigenvalue weighted by molar-refractivity contribution is 6.30. The first-order chi connectivity index (χ1) is 12.0. The molecule has 0 fully saturated rings. The first-order valence-electron chi connectivity index (χ1n) is 8.65. The van der Waals surface area contributed by atoms with Crippen molar-refractivity contribution in [3.63, 3.8) is 0 Å². The smallest absolute Gasteiger partial charge is 0.144 e. The third kappa shape index (κ3) is 4.93. The molecule has 2 rings (SSSR count). The van der Waals surface area contributed by atoms with Gasteiger partial charge >= 0.3 is 0 Å². The van der Waals surface area contributed by atoms with Gasteiger partial charge in [0.15, 0.2) is 0 Å². The van der Waals surface area contributed by atoms with Crippen molar-refractivity contribution in [3.05, 3.63) is 65.2 Å². The maximum absolute atomic E-state index is 12.8. The molecule has 0 unspecified atom stereocenters. The Morgan fingerprint density at radius 1 is 1.08 bits per heavy atom. The molecule has 0 aliphatic heterocycles. The minimum absolute atomic E-state index is 0.183. The number of Topliss-reactive ketones (excluding diaryl/α,β-unsaturated/α-hetero) is 1. The number of hydrogen-bond donors (Lipinski definition) is 1. The van der Waals surface area contributed by atoms with E-state index in [2.05, 4.69) is 10.5 Å². The average molecular weight is 357 g/mol. The number of carbonyl (C=O) groups excluding carboxylic acids is 1. The quantitative estimate of drug-likeness (QED) is 0.483. The van der Waals surface area contributed by atoms with E-state index in [0.717, 1.165) is 17.0 Å². The molecule has 0 radical (unpaired) electrons. The molecule has 2 aromatic carbocycles. The molecule has 0 aliphatic carbocycles. The van der Waals surface area contributed by atoms with Gasteiger partial charge in [-0.2, -0.15) is 5.10 Å². The lowest BCUT2D eigenvalue weighted by Crippen LogP contribution is -2.38. The number of ketones is 1. The van der Waals surface area contributed by atoms with Crippen LogP contribution in [0, 0.1) is 5.41 Å².